The van der Waals surface area contributed by atoms with Crippen molar-refractivity contribution in [3.63, 3.8) is 0 Å². The van der Waals surface area contributed by atoms with Gasteiger partial charge in [-0.3, -0.25) is 4.79 Å². The molecule has 1 aliphatic rings. The molecule has 0 aliphatic carbocycles. The second-order valence-electron chi connectivity index (χ2n) is 11.5. The molecule has 264 valence electrons. The molecule has 5 aromatic rings. The second-order valence-corrected chi connectivity index (χ2v) is 11.5. The van der Waals surface area contributed by atoms with Gasteiger partial charge in [0, 0.05) is 29.3 Å². The molecule has 2 heterocycles. The fraction of sp³-hybridized carbons (Fsp3) is 0.231. The van der Waals surface area contributed by atoms with Gasteiger partial charge in [-0.25, -0.2) is 0 Å². The molecular weight excluding hydrogens is 654 g/mol. The molecule has 0 saturated carbocycles. The van der Waals surface area contributed by atoms with Crippen molar-refractivity contribution in [3.05, 3.63) is 102 Å². The molecule has 0 bridgehead atoms. The molecular formula is C39H39N3O9. The predicted molar refractivity (Wildman–Crippen MR) is 191 cm³/mol. The number of carbonyl (C=O) groups excluding carboxylic acids is 1. The van der Waals surface area contributed by atoms with Gasteiger partial charge in [-0.05, 0) is 66.6 Å². The molecule has 1 aromatic heterocycles. The van der Waals surface area contributed by atoms with Gasteiger partial charge < -0.3 is 48.3 Å². The summed E-state index contributed by atoms with van der Waals surface area (Å²) in [6.07, 6.45) is 0.754. The summed E-state index contributed by atoms with van der Waals surface area (Å²) in [5.41, 5.74) is 4.28. The van der Waals surface area contributed by atoms with Crippen LogP contribution >= 0.6 is 0 Å². The predicted octanol–water partition coefficient (Wildman–Crippen LogP) is 7.66. The number of methoxy groups -OCH3 is 5. The van der Waals surface area contributed by atoms with Crippen LogP contribution in [0, 0.1) is 0 Å². The van der Waals surface area contributed by atoms with E-state index in [4.69, 9.17) is 37.7 Å². The highest BCUT2D eigenvalue weighted by Crippen LogP contribution is 2.42. The molecule has 0 spiro atoms. The molecule has 1 amide bonds. The van der Waals surface area contributed by atoms with Crippen LogP contribution in [0.5, 0.6) is 40.2 Å². The highest BCUT2D eigenvalue weighted by atomic mass is 16.5. The number of amides is 1. The number of carbonyl (C=O) groups is 1. The van der Waals surface area contributed by atoms with E-state index < -0.39 is 6.17 Å². The van der Waals surface area contributed by atoms with Crippen molar-refractivity contribution in [3.8, 4) is 62.8 Å². The van der Waals surface area contributed by atoms with Crippen molar-refractivity contribution in [1.82, 2.24) is 10.5 Å². The molecule has 0 saturated heterocycles. The number of allylic oxidation sites excluding steroid dienone is 1. The van der Waals surface area contributed by atoms with Gasteiger partial charge in [-0.2, -0.15) is 0 Å². The van der Waals surface area contributed by atoms with E-state index in [1.165, 1.54) is 0 Å². The number of hydrogen-bond acceptors (Lipinski definition) is 11. The van der Waals surface area contributed by atoms with E-state index in [1.807, 2.05) is 54.6 Å². The first-order valence-corrected chi connectivity index (χ1v) is 16.1. The van der Waals surface area contributed by atoms with Gasteiger partial charge in [0.15, 0.2) is 40.3 Å². The topological polar surface area (TPSA) is 132 Å². The summed E-state index contributed by atoms with van der Waals surface area (Å²) in [4.78, 5) is 12.6. The first kappa shape index (κ1) is 34.6. The van der Waals surface area contributed by atoms with Gasteiger partial charge in [0.05, 0.1) is 53.5 Å². The zero-order chi connectivity index (χ0) is 35.9. The quantitative estimate of drug-likeness (QED) is 0.0828. The van der Waals surface area contributed by atoms with Crippen molar-refractivity contribution < 1.29 is 42.5 Å². The number of nitrogens with one attached hydrogen (secondary N) is 2. The number of rotatable bonds is 15. The van der Waals surface area contributed by atoms with Crippen molar-refractivity contribution in [2.45, 2.75) is 19.0 Å². The first-order chi connectivity index (χ1) is 24.8. The van der Waals surface area contributed by atoms with Gasteiger partial charge in [0.25, 0.3) is 5.91 Å². The number of benzene rings is 4. The molecule has 1 aliphatic heterocycles. The number of hydrogen-bond donors (Lipinski definition) is 2. The lowest BCUT2D eigenvalue weighted by Gasteiger charge is -2.28. The van der Waals surface area contributed by atoms with E-state index in [0.29, 0.717) is 88.0 Å². The Bertz CT molecular complexity index is 2020. The standard InChI is InChI=1S/C39H39N3O9/c1-23(10-9-17-49-31-16-14-25(19-33(31)45-3)38-40-28-12-8-7-11-27(28)39(43)41-38)50-34-18-24(13-15-30(34)44-2)29-22-32(51-42-29)26-20-35(46-4)37(48-6)36(21-26)47-5/h7-8,11-16,18-22,38,40H,1,9-10,17H2,2-6H3,(H,41,43). The summed E-state index contributed by atoms with van der Waals surface area (Å²) in [6.45, 7) is 4.51. The van der Waals surface area contributed by atoms with Crippen molar-refractivity contribution in [2.24, 2.45) is 0 Å². The van der Waals surface area contributed by atoms with Gasteiger partial charge in [0.1, 0.15) is 11.9 Å². The molecule has 1 atom stereocenters. The van der Waals surface area contributed by atoms with Crippen LogP contribution < -0.4 is 43.8 Å². The number of para-hydroxylation sites is 1. The van der Waals surface area contributed by atoms with Gasteiger partial charge in [0.2, 0.25) is 5.75 Å². The molecule has 4 aromatic carbocycles. The number of fused-ring (bicyclic) bond motifs is 1. The molecule has 51 heavy (non-hydrogen) atoms. The Morgan fingerprint density at radius 2 is 1.45 bits per heavy atom. The molecule has 12 nitrogen and oxygen atoms in total. The van der Waals surface area contributed by atoms with Gasteiger partial charge in [-0.15, -0.1) is 0 Å². The maximum atomic E-state index is 12.6. The third kappa shape index (κ3) is 7.49. The van der Waals surface area contributed by atoms with Gasteiger partial charge >= 0.3 is 0 Å². The Balaban J connectivity index is 1.07. The highest BCUT2D eigenvalue weighted by Gasteiger charge is 2.25. The Kier molecular flexibility index (Phi) is 10.5. The molecule has 0 radical (unpaired) electrons. The van der Waals surface area contributed by atoms with Crippen molar-refractivity contribution in [2.75, 3.05) is 47.5 Å². The third-order valence-corrected chi connectivity index (χ3v) is 8.30. The fourth-order valence-corrected chi connectivity index (χ4v) is 5.70. The van der Waals surface area contributed by atoms with Crippen LogP contribution in [0.3, 0.4) is 0 Å². The second kappa shape index (κ2) is 15.5. The summed E-state index contributed by atoms with van der Waals surface area (Å²) in [6, 6.07) is 23.9. The molecule has 1 unspecified atom stereocenters. The lowest BCUT2D eigenvalue weighted by atomic mass is 10.1. The summed E-state index contributed by atoms with van der Waals surface area (Å²) in [5.74, 6) is 4.57. The fourth-order valence-electron chi connectivity index (χ4n) is 5.70. The Morgan fingerprint density at radius 3 is 2.18 bits per heavy atom. The minimum absolute atomic E-state index is 0.139. The van der Waals surface area contributed by atoms with E-state index >= 15 is 0 Å². The van der Waals surface area contributed by atoms with Crippen molar-refractivity contribution in [1.29, 1.82) is 0 Å². The Morgan fingerprint density at radius 1 is 0.745 bits per heavy atom. The largest absolute Gasteiger partial charge is 0.493 e. The normalized spacial score (nSPS) is 13.3. The zero-order valence-electron chi connectivity index (χ0n) is 29.0. The highest BCUT2D eigenvalue weighted by molar-refractivity contribution is 6.01. The van der Waals surface area contributed by atoms with E-state index in [9.17, 15) is 4.79 Å². The minimum Gasteiger partial charge on any atom is -0.493 e. The van der Waals surface area contributed by atoms with E-state index in [-0.39, 0.29) is 5.91 Å². The zero-order valence-corrected chi connectivity index (χ0v) is 29.0. The molecule has 0 fully saturated rings. The van der Waals surface area contributed by atoms with Crippen LogP contribution in [-0.2, 0) is 0 Å². The van der Waals surface area contributed by atoms with E-state index in [0.717, 1.165) is 16.8 Å². The lowest BCUT2D eigenvalue weighted by molar-refractivity contribution is 0.0935. The van der Waals surface area contributed by atoms with Crippen LogP contribution in [-0.4, -0.2) is 53.2 Å². The number of aromatic nitrogens is 1. The molecule has 6 rings (SSSR count). The third-order valence-electron chi connectivity index (χ3n) is 8.30. The summed E-state index contributed by atoms with van der Waals surface area (Å²) >= 11 is 0. The van der Waals surface area contributed by atoms with Crippen LogP contribution in [0.4, 0.5) is 5.69 Å². The minimum atomic E-state index is -0.403. The van der Waals surface area contributed by atoms with Crippen molar-refractivity contribution >= 4 is 11.6 Å². The van der Waals surface area contributed by atoms with Gasteiger partial charge in [-0.1, -0.05) is 29.9 Å². The molecule has 2 N–H and O–H groups in total. The average Bonchev–Trinajstić information content (AvgIpc) is 3.66. The van der Waals surface area contributed by atoms with Crippen LogP contribution in [0.25, 0.3) is 22.6 Å². The maximum Gasteiger partial charge on any atom is 0.255 e. The molecule has 12 heteroatoms. The van der Waals surface area contributed by atoms with E-state index in [2.05, 4.69) is 22.4 Å². The van der Waals surface area contributed by atoms with E-state index in [1.54, 1.807) is 59.8 Å². The summed E-state index contributed by atoms with van der Waals surface area (Å²) < 4.78 is 45.5. The lowest BCUT2D eigenvalue weighted by Crippen LogP contribution is -2.38. The smallest absolute Gasteiger partial charge is 0.255 e. The Labute approximate surface area is 295 Å². The van der Waals surface area contributed by atoms with Crippen LogP contribution in [0.15, 0.2) is 95.7 Å². The average molecular weight is 694 g/mol. The summed E-state index contributed by atoms with van der Waals surface area (Å²) in [7, 11) is 7.82. The van der Waals surface area contributed by atoms with Crippen LogP contribution in [0.2, 0.25) is 0 Å². The number of anilines is 1. The number of nitrogens with zero attached hydrogens (tertiary/aromatic N) is 1. The monoisotopic (exact) mass is 693 g/mol. The van der Waals surface area contributed by atoms with Crippen LogP contribution in [0.1, 0.15) is 34.9 Å². The summed E-state index contributed by atoms with van der Waals surface area (Å²) in [5, 5.41) is 10.6. The first-order valence-electron chi connectivity index (χ1n) is 16.1. The Hall–Kier alpha value is -6.30. The number of ether oxygens (including phenoxy) is 7. The maximum absolute atomic E-state index is 12.6. The SMILES string of the molecule is C=C(CCCOc1ccc(C2NC(=O)c3ccccc3N2)cc1OC)Oc1cc(-c2cc(-c3cc(OC)c(OC)c(OC)c3)on2)ccc1OC.